The molecule has 2 rings (SSSR count). The third-order valence-electron chi connectivity index (χ3n) is 4.02. The molecule has 2 atom stereocenters. The molecular weight excluding hydrogens is 492 g/mol. The van der Waals surface area contributed by atoms with Gasteiger partial charge < -0.3 is 14.5 Å². The molecule has 0 radical (unpaired) electrons. The number of hydrogen-bond acceptors (Lipinski definition) is 6. The average molecular weight is 510 g/mol. The quantitative estimate of drug-likeness (QED) is 0.610. The first-order valence-corrected chi connectivity index (χ1v) is 10.7. The molecular formula is C15H18Br2N4O4S. The highest BCUT2D eigenvalue weighted by Gasteiger charge is 2.36. The van der Waals surface area contributed by atoms with Gasteiger partial charge in [-0.2, -0.15) is 5.26 Å². The van der Waals surface area contributed by atoms with E-state index in [0.717, 1.165) is 0 Å². The van der Waals surface area contributed by atoms with E-state index in [1.165, 1.54) is 23.0 Å². The normalized spacial score (nSPS) is 19.9. The van der Waals surface area contributed by atoms with Crippen LogP contribution in [-0.4, -0.2) is 63.6 Å². The monoisotopic (exact) mass is 508 g/mol. The van der Waals surface area contributed by atoms with Crippen molar-refractivity contribution in [3.05, 3.63) is 27.1 Å². The number of likely N-dealkylation sites (N-methyl/N-ethyl adjacent to an activating group) is 1. The summed E-state index contributed by atoms with van der Waals surface area (Å²) in [5.74, 6) is 0. The molecule has 1 saturated heterocycles. The van der Waals surface area contributed by atoms with E-state index in [9.17, 15) is 18.5 Å². The molecule has 1 N–H and O–H groups in total. The second kappa shape index (κ2) is 8.56. The predicted octanol–water partition coefficient (Wildman–Crippen LogP) is 2.11. The van der Waals surface area contributed by atoms with Crippen LogP contribution in [0.5, 0.6) is 0 Å². The fourth-order valence-electron chi connectivity index (χ4n) is 2.81. The lowest BCUT2D eigenvalue weighted by Crippen LogP contribution is -2.39. The molecule has 1 amide bonds. The summed E-state index contributed by atoms with van der Waals surface area (Å²) in [6.45, 7) is 0.500. The van der Waals surface area contributed by atoms with Crippen molar-refractivity contribution in [1.82, 2.24) is 14.5 Å². The summed E-state index contributed by atoms with van der Waals surface area (Å²) in [5.41, 5.74) is 0. The number of nitriles is 1. The van der Waals surface area contributed by atoms with E-state index < -0.39 is 22.2 Å². The maximum atomic E-state index is 12.7. The summed E-state index contributed by atoms with van der Waals surface area (Å²) in [6.07, 6.45) is 1.95. The van der Waals surface area contributed by atoms with Crippen molar-refractivity contribution in [1.29, 1.82) is 5.26 Å². The lowest BCUT2D eigenvalue weighted by atomic mass is 10.2. The standard InChI is InChI=1S/C15H18Br2N4O4S/c1-20(15(22)25-2)8-12-6-11(7-21(12)9-18)19-26(23,24)14-5-10(16)3-4-13(14)17/h3-5,11-12,19H,6-8H2,1-2H3/t11-,12-/m1/s1. The van der Waals surface area contributed by atoms with E-state index >= 15 is 0 Å². The van der Waals surface area contributed by atoms with Crippen molar-refractivity contribution in [3.8, 4) is 6.19 Å². The highest BCUT2D eigenvalue weighted by atomic mass is 79.9. The van der Waals surface area contributed by atoms with Gasteiger partial charge in [-0.15, -0.1) is 0 Å². The lowest BCUT2D eigenvalue weighted by Gasteiger charge is -2.23. The van der Waals surface area contributed by atoms with E-state index in [4.69, 9.17) is 0 Å². The second-order valence-electron chi connectivity index (χ2n) is 5.89. The van der Waals surface area contributed by atoms with Crippen LogP contribution in [0, 0.1) is 11.5 Å². The Bertz CT molecular complexity index is 827. The number of sulfonamides is 1. The van der Waals surface area contributed by atoms with E-state index in [1.54, 1.807) is 19.2 Å². The van der Waals surface area contributed by atoms with Crippen LogP contribution in [0.15, 0.2) is 32.0 Å². The zero-order valence-electron chi connectivity index (χ0n) is 14.1. The maximum absolute atomic E-state index is 12.7. The van der Waals surface area contributed by atoms with Gasteiger partial charge in [-0.1, -0.05) is 15.9 Å². The maximum Gasteiger partial charge on any atom is 0.409 e. The molecule has 0 unspecified atom stereocenters. The number of benzene rings is 1. The van der Waals surface area contributed by atoms with Crippen molar-refractivity contribution in [2.75, 3.05) is 27.2 Å². The Morgan fingerprint density at radius 3 is 2.81 bits per heavy atom. The first kappa shape index (κ1) is 21.0. The number of carbonyl (C=O) groups is 1. The summed E-state index contributed by atoms with van der Waals surface area (Å²) in [5, 5.41) is 9.31. The van der Waals surface area contributed by atoms with E-state index in [1.807, 2.05) is 0 Å². The summed E-state index contributed by atoms with van der Waals surface area (Å²) >= 11 is 6.51. The Balaban J connectivity index is 2.12. The molecule has 0 aromatic heterocycles. The van der Waals surface area contributed by atoms with Crippen molar-refractivity contribution >= 4 is 48.0 Å². The summed E-state index contributed by atoms with van der Waals surface area (Å²) in [4.78, 5) is 14.5. The third-order valence-corrected chi connectivity index (χ3v) is 7.03. The van der Waals surface area contributed by atoms with Crippen molar-refractivity contribution in [3.63, 3.8) is 0 Å². The predicted molar refractivity (Wildman–Crippen MR) is 102 cm³/mol. The van der Waals surface area contributed by atoms with Crippen LogP contribution >= 0.6 is 31.9 Å². The van der Waals surface area contributed by atoms with Crippen LogP contribution < -0.4 is 4.72 Å². The molecule has 0 aliphatic carbocycles. The highest BCUT2D eigenvalue weighted by Crippen LogP contribution is 2.27. The second-order valence-corrected chi connectivity index (χ2v) is 9.34. The third kappa shape index (κ3) is 4.88. The number of halogens is 2. The average Bonchev–Trinajstić information content (AvgIpc) is 2.96. The molecule has 1 aliphatic rings. The van der Waals surface area contributed by atoms with Crippen molar-refractivity contribution < 1.29 is 17.9 Å². The van der Waals surface area contributed by atoms with Crippen LogP contribution in [-0.2, 0) is 14.8 Å². The largest absolute Gasteiger partial charge is 0.453 e. The van der Waals surface area contributed by atoms with Gasteiger partial charge in [0.25, 0.3) is 0 Å². The van der Waals surface area contributed by atoms with Gasteiger partial charge in [-0.3, -0.25) is 0 Å². The molecule has 11 heteroatoms. The topological polar surface area (TPSA) is 103 Å². The van der Waals surface area contributed by atoms with Gasteiger partial charge in [-0.05, 0) is 40.5 Å². The minimum Gasteiger partial charge on any atom is -0.453 e. The molecule has 26 heavy (non-hydrogen) atoms. The van der Waals surface area contributed by atoms with Crippen LogP contribution in [0.2, 0.25) is 0 Å². The number of nitrogens with one attached hydrogen (secondary N) is 1. The minimum absolute atomic E-state index is 0.116. The molecule has 0 bridgehead atoms. The zero-order chi connectivity index (χ0) is 19.5. The molecule has 1 heterocycles. The first-order chi connectivity index (χ1) is 12.2. The molecule has 8 nitrogen and oxygen atoms in total. The first-order valence-electron chi connectivity index (χ1n) is 7.60. The number of likely N-dealkylation sites (tertiary alicyclic amines) is 1. The number of nitrogens with zero attached hydrogens (tertiary/aromatic N) is 3. The minimum atomic E-state index is -3.77. The van der Waals surface area contributed by atoms with E-state index in [2.05, 4.69) is 47.5 Å². The van der Waals surface area contributed by atoms with Gasteiger partial charge in [0.15, 0.2) is 6.19 Å². The number of amides is 1. The Labute approximate surface area is 169 Å². The Morgan fingerprint density at radius 1 is 1.50 bits per heavy atom. The Morgan fingerprint density at radius 2 is 2.19 bits per heavy atom. The summed E-state index contributed by atoms with van der Waals surface area (Å²) in [6, 6.07) is 4.15. The van der Waals surface area contributed by atoms with E-state index in [-0.39, 0.29) is 24.0 Å². The zero-order valence-corrected chi connectivity index (χ0v) is 18.1. The molecule has 0 saturated carbocycles. The van der Waals surface area contributed by atoms with Gasteiger partial charge in [0.05, 0.1) is 18.0 Å². The van der Waals surface area contributed by atoms with Crippen LogP contribution in [0.25, 0.3) is 0 Å². The SMILES string of the molecule is COC(=O)N(C)C[C@H]1C[C@@H](NS(=O)(=O)c2cc(Br)ccc2Br)CN1C#N. The molecule has 1 aliphatic heterocycles. The molecule has 142 valence electrons. The lowest BCUT2D eigenvalue weighted by molar-refractivity contribution is 0.125. The van der Waals surface area contributed by atoms with Crippen molar-refractivity contribution in [2.45, 2.75) is 23.4 Å². The highest BCUT2D eigenvalue weighted by molar-refractivity contribution is 9.11. The van der Waals surface area contributed by atoms with Gasteiger partial charge >= 0.3 is 6.09 Å². The molecule has 1 aromatic carbocycles. The number of carbonyl (C=O) groups excluding carboxylic acids is 1. The molecule has 0 spiro atoms. The van der Waals surface area contributed by atoms with Crippen LogP contribution in [0.4, 0.5) is 4.79 Å². The summed E-state index contributed by atoms with van der Waals surface area (Å²) in [7, 11) is -0.923. The van der Waals surface area contributed by atoms with Crippen LogP contribution in [0.3, 0.4) is 0 Å². The molecule has 1 aromatic rings. The molecule has 1 fully saturated rings. The number of ether oxygens (including phenoxy) is 1. The van der Waals surface area contributed by atoms with Gasteiger partial charge in [-0.25, -0.2) is 17.9 Å². The van der Waals surface area contributed by atoms with Gasteiger partial charge in [0.1, 0.15) is 0 Å². The fraction of sp³-hybridized carbons (Fsp3) is 0.467. The summed E-state index contributed by atoms with van der Waals surface area (Å²) < 4.78 is 33.8. The van der Waals surface area contributed by atoms with Gasteiger partial charge in [0.2, 0.25) is 10.0 Å². The smallest absolute Gasteiger partial charge is 0.409 e. The Kier molecular flexibility index (Phi) is 6.90. The number of rotatable bonds is 5. The Hall–Kier alpha value is -1.35. The van der Waals surface area contributed by atoms with Crippen molar-refractivity contribution in [2.24, 2.45) is 0 Å². The van der Waals surface area contributed by atoms with Crippen LogP contribution in [0.1, 0.15) is 6.42 Å². The number of hydrogen-bond donors (Lipinski definition) is 1. The number of methoxy groups -OCH3 is 1. The van der Waals surface area contributed by atoms with Gasteiger partial charge in [0, 0.05) is 35.1 Å². The van der Waals surface area contributed by atoms with E-state index in [0.29, 0.717) is 15.4 Å². The fourth-order valence-corrected chi connectivity index (χ4v) is 5.55.